The smallest absolute Gasteiger partial charge is 0.295 e. The van der Waals surface area contributed by atoms with Crippen LogP contribution in [0.2, 0.25) is 0 Å². The van der Waals surface area contributed by atoms with Crippen LogP contribution >= 0.6 is 0 Å². The van der Waals surface area contributed by atoms with E-state index in [-0.39, 0.29) is 11.4 Å². The molecule has 0 saturated carbocycles. The Morgan fingerprint density at radius 3 is 2.87 bits per heavy atom. The fraction of sp³-hybridized carbons (Fsp3) is 0.400. The second-order valence-electron chi connectivity index (χ2n) is 3.17. The van der Waals surface area contributed by atoms with Crippen molar-refractivity contribution < 1.29 is 9.31 Å². The summed E-state index contributed by atoms with van der Waals surface area (Å²) in [6.07, 6.45) is 1.81. The van der Waals surface area contributed by atoms with Crippen molar-refractivity contribution in [1.82, 2.24) is 0 Å². The highest BCUT2D eigenvalue weighted by Gasteiger charge is 2.16. The van der Waals surface area contributed by atoms with E-state index in [0.29, 0.717) is 6.54 Å². The molecule has 0 spiro atoms. The van der Waals surface area contributed by atoms with Gasteiger partial charge in [-0.1, -0.05) is 19.4 Å². The average molecular weight is 212 g/mol. The standard InChI is InChI=1S/C10H13FN2O2/c1-2-3-7-12-10-8(11)5-4-6-9(10)13(14)15/h4-6,12H,2-3,7H2,1H3. The third-order valence-electron chi connectivity index (χ3n) is 2.02. The number of anilines is 1. The van der Waals surface area contributed by atoms with Crippen molar-refractivity contribution in [1.29, 1.82) is 0 Å². The summed E-state index contributed by atoms with van der Waals surface area (Å²) in [7, 11) is 0. The van der Waals surface area contributed by atoms with Gasteiger partial charge in [0.25, 0.3) is 5.69 Å². The van der Waals surface area contributed by atoms with Crippen LogP contribution in [-0.4, -0.2) is 11.5 Å². The lowest BCUT2D eigenvalue weighted by molar-refractivity contribution is -0.384. The minimum atomic E-state index is -0.586. The van der Waals surface area contributed by atoms with Crippen molar-refractivity contribution in [2.45, 2.75) is 19.8 Å². The molecule has 0 atom stereocenters. The van der Waals surface area contributed by atoms with Crippen LogP contribution in [0.3, 0.4) is 0 Å². The first-order valence-corrected chi connectivity index (χ1v) is 4.83. The van der Waals surface area contributed by atoms with Gasteiger partial charge in [-0.2, -0.15) is 0 Å². The molecular formula is C10H13FN2O2. The SMILES string of the molecule is CCCCNc1c(F)cccc1[N+](=O)[O-]. The molecule has 1 aromatic carbocycles. The Hall–Kier alpha value is -1.65. The highest BCUT2D eigenvalue weighted by atomic mass is 19.1. The summed E-state index contributed by atoms with van der Waals surface area (Å²) in [6.45, 7) is 2.54. The lowest BCUT2D eigenvalue weighted by Crippen LogP contribution is -2.05. The molecule has 0 saturated heterocycles. The van der Waals surface area contributed by atoms with Gasteiger partial charge in [0.05, 0.1) is 4.92 Å². The third-order valence-corrected chi connectivity index (χ3v) is 2.02. The lowest BCUT2D eigenvalue weighted by atomic mass is 10.2. The van der Waals surface area contributed by atoms with Gasteiger partial charge in [-0.3, -0.25) is 10.1 Å². The van der Waals surface area contributed by atoms with Gasteiger partial charge < -0.3 is 5.32 Å². The first-order valence-electron chi connectivity index (χ1n) is 4.83. The Balaban J connectivity index is 2.87. The Morgan fingerprint density at radius 1 is 1.53 bits per heavy atom. The summed E-state index contributed by atoms with van der Waals surface area (Å²) in [6, 6.07) is 3.83. The Kier molecular flexibility index (Phi) is 4.03. The maximum atomic E-state index is 13.3. The fourth-order valence-electron chi connectivity index (χ4n) is 1.23. The van der Waals surface area contributed by atoms with E-state index in [4.69, 9.17) is 0 Å². The minimum absolute atomic E-state index is 0.0176. The molecule has 0 radical (unpaired) electrons. The molecule has 1 rings (SSSR count). The molecule has 0 aromatic heterocycles. The van der Waals surface area contributed by atoms with Crippen LogP contribution < -0.4 is 5.32 Å². The molecule has 0 aliphatic heterocycles. The number of nitrogens with zero attached hydrogens (tertiary/aromatic N) is 1. The Labute approximate surface area is 87.3 Å². The number of para-hydroxylation sites is 1. The summed E-state index contributed by atoms with van der Waals surface area (Å²) in [5.74, 6) is -0.583. The molecule has 0 fully saturated rings. The second-order valence-corrected chi connectivity index (χ2v) is 3.17. The Morgan fingerprint density at radius 2 is 2.27 bits per heavy atom. The van der Waals surface area contributed by atoms with Gasteiger partial charge in [0.2, 0.25) is 0 Å². The molecule has 82 valence electrons. The topological polar surface area (TPSA) is 55.2 Å². The van der Waals surface area contributed by atoms with Crippen molar-refractivity contribution in [3.8, 4) is 0 Å². The van der Waals surface area contributed by atoms with Gasteiger partial charge in [0.1, 0.15) is 5.69 Å². The van der Waals surface area contributed by atoms with Gasteiger partial charge >= 0.3 is 0 Å². The first kappa shape index (κ1) is 11.4. The van der Waals surface area contributed by atoms with Crippen molar-refractivity contribution >= 4 is 11.4 Å². The molecule has 5 heteroatoms. The zero-order valence-electron chi connectivity index (χ0n) is 8.50. The number of nitrogens with one attached hydrogen (secondary N) is 1. The lowest BCUT2D eigenvalue weighted by Gasteiger charge is -2.06. The van der Waals surface area contributed by atoms with E-state index >= 15 is 0 Å². The average Bonchev–Trinajstić information content (AvgIpc) is 2.20. The number of halogens is 1. The van der Waals surface area contributed by atoms with Gasteiger partial charge in [0.15, 0.2) is 5.82 Å². The summed E-state index contributed by atoms with van der Waals surface area (Å²) >= 11 is 0. The quantitative estimate of drug-likeness (QED) is 0.463. The fourth-order valence-corrected chi connectivity index (χ4v) is 1.23. The summed E-state index contributed by atoms with van der Waals surface area (Å²) in [4.78, 5) is 10.0. The van der Waals surface area contributed by atoms with Gasteiger partial charge in [0, 0.05) is 12.6 Å². The van der Waals surface area contributed by atoms with E-state index in [1.165, 1.54) is 18.2 Å². The van der Waals surface area contributed by atoms with Gasteiger partial charge in [-0.05, 0) is 12.5 Å². The molecule has 15 heavy (non-hydrogen) atoms. The molecule has 0 amide bonds. The molecule has 1 aromatic rings. The van der Waals surface area contributed by atoms with Gasteiger partial charge in [-0.25, -0.2) is 4.39 Å². The van der Waals surface area contributed by atoms with E-state index in [2.05, 4.69) is 5.32 Å². The van der Waals surface area contributed by atoms with E-state index in [1.807, 2.05) is 6.92 Å². The zero-order valence-corrected chi connectivity index (χ0v) is 8.50. The van der Waals surface area contributed by atoms with Crippen LogP contribution in [0.25, 0.3) is 0 Å². The van der Waals surface area contributed by atoms with Crippen LogP contribution in [0.1, 0.15) is 19.8 Å². The van der Waals surface area contributed by atoms with Crippen LogP contribution in [0.4, 0.5) is 15.8 Å². The highest BCUT2D eigenvalue weighted by Crippen LogP contribution is 2.26. The molecule has 0 aliphatic rings. The minimum Gasteiger partial charge on any atom is -0.377 e. The maximum absolute atomic E-state index is 13.3. The van der Waals surface area contributed by atoms with Crippen molar-refractivity contribution in [3.05, 3.63) is 34.1 Å². The van der Waals surface area contributed by atoms with E-state index in [0.717, 1.165) is 12.8 Å². The predicted molar refractivity (Wildman–Crippen MR) is 56.5 cm³/mol. The summed E-state index contributed by atoms with van der Waals surface area (Å²) < 4.78 is 13.3. The number of hydrogen-bond acceptors (Lipinski definition) is 3. The molecule has 0 bridgehead atoms. The number of nitro benzene ring substituents is 1. The number of rotatable bonds is 5. The van der Waals surface area contributed by atoms with Crippen molar-refractivity contribution in [2.75, 3.05) is 11.9 Å². The van der Waals surface area contributed by atoms with Crippen LogP contribution in [0, 0.1) is 15.9 Å². The monoisotopic (exact) mass is 212 g/mol. The number of hydrogen-bond donors (Lipinski definition) is 1. The Bertz CT molecular complexity index is 355. The molecular weight excluding hydrogens is 199 g/mol. The zero-order chi connectivity index (χ0) is 11.3. The second kappa shape index (κ2) is 5.29. The molecule has 0 aliphatic carbocycles. The highest BCUT2D eigenvalue weighted by molar-refractivity contribution is 5.62. The predicted octanol–water partition coefficient (Wildman–Crippen LogP) is 2.95. The summed E-state index contributed by atoms with van der Waals surface area (Å²) in [5.41, 5.74) is -0.234. The van der Waals surface area contributed by atoms with Crippen LogP contribution in [0.15, 0.2) is 18.2 Å². The number of unbranched alkanes of at least 4 members (excludes halogenated alkanes) is 1. The van der Waals surface area contributed by atoms with Gasteiger partial charge in [-0.15, -0.1) is 0 Å². The van der Waals surface area contributed by atoms with Crippen LogP contribution in [0.5, 0.6) is 0 Å². The third kappa shape index (κ3) is 2.90. The van der Waals surface area contributed by atoms with Crippen molar-refractivity contribution in [2.24, 2.45) is 0 Å². The van der Waals surface area contributed by atoms with E-state index in [9.17, 15) is 14.5 Å². The van der Waals surface area contributed by atoms with E-state index in [1.54, 1.807) is 0 Å². The molecule has 4 nitrogen and oxygen atoms in total. The molecule has 1 N–H and O–H groups in total. The first-order chi connectivity index (χ1) is 7.16. The molecule has 0 unspecified atom stereocenters. The summed E-state index contributed by atoms with van der Waals surface area (Å²) in [5, 5.41) is 13.4. The van der Waals surface area contributed by atoms with Crippen LogP contribution in [-0.2, 0) is 0 Å². The van der Waals surface area contributed by atoms with Crippen molar-refractivity contribution in [3.63, 3.8) is 0 Å². The maximum Gasteiger partial charge on any atom is 0.295 e. The largest absolute Gasteiger partial charge is 0.377 e. The molecule has 0 heterocycles. The normalized spacial score (nSPS) is 10.0. The van der Waals surface area contributed by atoms with E-state index < -0.39 is 10.7 Å². The number of nitro groups is 1. The number of benzene rings is 1.